The summed E-state index contributed by atoms with van der Waals surface area (Å²) in [6, 6.07) is 31.8. The Kier molecular flexibility index (Phi) is 8.91. The van der Waals surface area contributed by atoms with Crippen LogP contribution in [0.1, 0.15) is 39.2 Å². The molecule has 40 heavy (non-hydrogen) atoms. The maximum absolute atomic E-state index is 12.9. The smallest absolute Gasteiger partial charge is 0.306 e. The number of hydrogen-bond donors (Lipinski definition) is 0. The molecule has 1 saturated heterocycles. The van der Waals surface area contributed by atoms with Gasteiger partial charge in [-0.25, -0.2) is 0 Å². The van der Waals surface area contributed by atoms with E-state index >= 15 is 0 Å². The minimum Gasteiger partial charge on any atom is -0.465 e. The fourth-order valence-corrected chi connectivity index (χ4v) is 9.61. The summed E-state index contributed by atoms with van der Waals surface area (Å²) < 4.78 is 25.3. The molecule has 6 heteroatoms. The van der Waals surface area contributed by atoms with E-state index in [0.29, 0.717) is 26.2 Å². The van der Waals surface area contributed by atoms with Gasteiger partial charge in [-0.05, 0) is 33.7 Å². The molecule has 2 aliphatic rings. The zero-order valence-corrected chi connectivity index (χ0v) is 25.3. The Morgan fingerprint density at radius 3 is 2.02 bits per heavy atom. The van der Waals surface area contributed by atoms with Gasteiger partial charge in [0.05, 0.1) is 25.4 Å². The molecule has 212 valence electrons. The minimum atomic E-state index is -2.08. The number of benzene rings is 3. The van der Waals surface area contributed by atoms with Crippen LogP contribution in [-0.4, -0.2) is 54.1 Å². The molecule has 2 fully saturated rings. The Morgan fingerprint density at radius 1 is 0.900 bits per heavy atom. The Balaban J connectivity index is 1.60. The van der Waals surface area contributed by atoms with E-state index in [4.69, 9.17) is 18.6 Å². The molecule has 0 N–H and O–H groups in total. The first-order valence-electron chi connectivity index (χ1n) is 14.4. The van der Waals surface area contributed by atoms with Crippen molar-refractivity contribution < 1.29 is 23.4 Å². The van der Waals surface area contributed by atoms with Gasteiger partial charge in [-0.3, -0.25) is 4.79 Å². The van der Waals surface area contributed by atoms with Gasteiger partial charge in [0.2, 0.25) is 9.04 Å². The van der Waals surface area contributed by atoms with E-state index in [0.717, 1.165) is 6.42 Å². The van der Waals surface area contributed by atoms with Crippen molar-refractivity contribution in [1.29, 1.82) is 0 Å². The van der Waals surface area contributed by atoms with E-state index in [1.807, 2.05) is 6.07 Å². The summed E-state index contributed by atoms with van der Waals surface area (Å²) in [6.07, 6.45) is 0.906. The first kappa shape index (κ1) is 28.7. The van der Waals surface area contributed by atoms with Crippen LogP contribution in [0.15, 0.2) is 91.0 Å². The molecule has 0 bridgehead atoms. The molecule has 5 rings (SSSR count). The van der Waals surface area contributed by atoms with E-state index in [1.54, 1.807) is 7.11 Å². The predicted molar refractivity (Wildman–Crippen MR) is 161 cm³/mol. The second-order valence-electron chi connectivity index (χ2n) is 12.3. The van der Waals surface area contributed by atoms with Crippen molar-refractivity contribution in [2.45, 2.75) is 51.2 Å². The van der Waals surface area contributed by atoms with Gasteiger partial charge >= 0.3 is 5.97 Å². The molecule has 5 atom stereocenters. The van der Waals surface area contributed by atoms with Gasteiger partial charge in [-0.2, -0.15) is 0 Å². The van der Waals surface area contributed by atoms with Gasteiger partial charge in [0.25, 0.3) is 0 Å². The number of carbonyl (C=O) groups is 1. The topological polar surface area (TPSA) is 54.0 Å². The summed E-state index contributed by atoms with van der Waals surface area (Å²) in [5.41, 5.74) is 0.695. The van der Waals surface area contributed by atoms with Gasteiger partial charge in [-0.1, -0.05) is 112 Å². The summed E-state index contributed by atoms with van der Waals surface area (Å²) in [7, 11) is -0.384. The molecule has 1 saturated carbocycles. The van der Waals surface area contributed by atoms with Crippen LogP contribution in [0.25, 0.3) is 0 Å². The third kappa shape index (κ3) is 5.96. The summed E-state index contributed by atoms with van der Waals surface area (Å²) in [5, 5.41) is 2.49. The van der Waals surface area contributed by atoms with Crippen molar-refractivity contribution >= 4 is 25.4 Å². The summed E-state index contributed by atoms with van der Waals surface area (Å²) >= 11 is 0. The van der Waals surface area contributed by atoms with Crippen LogP contribution in [0.2, 0.25) is 0 Å². The predicted octanol–water partition coefficient (Wildman–Crippen LogP) is 4.51. The van der Waals surface area contributed by atoms with Gasteiger partial charge in [0.1, 0.15) is 6.61 Å². The maximum atomic E-state index is 12.9. The molecule has 5 nitrogen and oxygen atoms in total. The number of hydrogen-bond acceptors (Lipinski definition) is 5. The molecule has 1 aliphatic heterocycles. The molecule has 1 heterocycles. The monoisotopic (exact) mass is 558 g/mol. The third-order valence-electron chi connectivity index (χ3n) is 8.70. The number of fused-ring (bicyclic) bond motifs is 1. The normalized spacial score (nSPS) is 25.4. The Labute approximate surface area is 240 Å². The van der Waals surface area contributed by atoms with Crippen molar-refractivity contribution in [2.24, 2.45) is 17.3 Å². The van der Waals surface area contributed by atoms with E-state index in [2.05, 4.69) is 106 Å². The molecule has 0 spiro atoms. The van der Waals surface area contributed by atoms with Gasteiger partial charge in [0, 0.05) is 24.9 Å². The lowest BCUT2D eigenvalue weighted by Crippen LogP contribution is -2.55. The van der Waals surface area contributed by atoms with Crippen LogP contribution in [0.5, 0.6) is 0 Å². The highest BCUT2D eigenvalue weighted by Crippen LogP contribution is 2.57. The van der Waals surface area contributed by atoms with Crippen molar-refractivity contribution in [3.63, 3.8) is 0 Å². The van der Waals surface area contributed by atoms with Crippen LogP contribution in [-0.2, 0) is 28.8 Å². The SMILES string of the molecule is COCCO[C@@H]1C[C@]2(c3ccccc3)COC(=O)C[C@@H]2[C@@H]1C(O[SiH](c1ccccc1)c1ccccc1)C(C)(C)C. The average molecular weight is 559 g/mol. The number of esters is 1. The lowest BCUT2D eigenvalue weighted by molar-refractivity contribution is -0.156. The van der Waals surface area contributed by atoms with Crippen molar-refractivity contribution in [1.82, 2.24) is 0 Å². The highest BCUT2D eigenvalue weighted by Gasteiger charge is 2.61. The fraction of sp³-hybridized carbons (Fsp3) is 0.441. The first-order valence-corrected chi connectivity index (χ1v) is 16.0. The number of rotatable bonds is 10. The lowest BCUT2D eigenvalue weighted by atomic mass is 9.65. The summed E-state index contributed by atoms with van der Waals surface area (Å²) in [6.45, 7) is 8.17. The van der Waals surface area contributed by atoms with Crippen LogP contribution in [0.3, 0.4) is 0 Å². The second-order valence-corrected chi connectivity index (χ2v) is 14.7. The molecule has 0 aromatic heterocycles. The zero-order chi connectivity index (χ0) is 28.2. The Bertz CT molecular complexity index is 1190. The standard InChI is InChI=1S/C34H42O5Si/c1-33(2,3)32(39-40(26-16-10-6-11-17-26)27-18-12-7-13-19-27)31-28-22-30(35)38-24-34(28,25-14-8-5-9-15-25)23-29(31)37-21-20-36-4/h5-19,28-29,31-32,40H,20-24H2,1-4H3/t28-,29-,31+,32?,34-/m1/s1. The van der Waals surface area contributed by atoms with Crippen LogP contribution in [0.4, 0.5) is 0 Å². The molecule has 1 unspecified atom stereocenters. The van der Waals surface area contributed by atoms with Crippen LogP contribution < -0.4 is 10.4 Å². The fourth-order valence-electron chi connectivity index (χ4n) is 6.89. The summed E-state index contributed by atoms with van der Waals surface area (Å²) in [4.78, 5) is 12.9. The average Bonchev–Trinajstić information content (AvgIpc) is 3.28. The molecule has 0 radical (unpaired) electrons. The summed E-state index contributed by atoms with van der Waals surface area (Å²) in [5.74, 6) is -0.0897. The molecular weight excluding hydrogens is 516 g/mol. The van der Waals surface area contributed by atoms with Gasteiger partial charge in [-0.15, -0.1) is 0 Å². The maximum Gasteiger partial charge on any atom is 0.306 e. The van der Waals surface area contributed by atoms with E-state index in [1.165, 1.54) is 15.9 Å². The van der Waals surface area contributed by atoms with Crippen LogP contribution >= 0.6 is 0 Å². The van der Waals surface area contributed by atoms with E-state index < -0.39 is 9.04 Å². The van der Waals surface area contributed by atoms with Crippen LogP contribution in [0, 0.1) is 17.3 Å². The number of cyclic esters (lactones) is 1. The van der Waals surface area contributed by atoms with E-state index in [-0.39, 0.29) is 40.8 Å². The third-order valence-corrected chi connectivity index (χ3v) is 11.3. The molecule has 0 amide bonds. The Hall–Kier alpha value is -2.77. The molecule has 3 aromatic rings. The highest BCUT2D eigenvalue weighted by molar-refractivity contribution is 6.80. The van der Waals surface area contributed by atoms with Gasteiger partial charge < -0.3 is 18.6 Å². The van der Waals surface area contributed by atoms with Gasteiger partial charge in [0.15, 0.2) is 0 Å². The number of carbonyl (C=O) groups excluding carboxylic acids is 1. The highest BCUT2D eigenvalue weighted by atomic mass is 28.3. The van der Waals surface area contributed by atoms with E-state index in [9.17, 15) is 4.79 Å². The quantitative estimate of drug-likeness (QED) is 0.208. The second kappa shape index (κ2) is 12.4. The molecule has 1 aliphatic carbocycles. The number of ether oxygens (including phenoxy) is 3. The van der Waals surface area contributed by atoms with Crippen molar-refractivity contribution in [3.05, 3.63) is 96.6 Å². The Morgan fingerprint density at radius 2 is 1.48 bits per heavy atom. The van der Waals surface area contributed by atoms with Crippen molar-refractivity contribution in [3.8, 4) is 0 Å². The first-order chi connectivity index (χ1) is 19.3. The minimum absolute atomic E-state index is 0.00679. The van der Waals surface area contributed by atoms with Crippen molar-refractivity contribution in [2.75, 3.05) is 26.9 Å². The molecule has 3 aromatic carbocycles. The zero-order valence-electron chi connectivity index (χ0n) is 24.1. The number of methoxy groups -OCH3 is 1. The lowest BCUT2D eigenvalue weighted by Gasteiger charge is -2.46. The molecular formula is C34H42O5Si. The largest absolute Gasteiger partial charge is 0.465 e.